The summed E-state index contributed by atoms with van der Waals surface area (Å²) in [6.07, 6.45) is 9.79. The Morgan fingerprint density at radius 3 is 2.11 bits per heavy atom. The molecule has 0 radical (unpaired) electrons. The van der Waals surface area contributed by atoms with Crippen molar-refractivity contribution in [2.24, 2.45) is 0 Å². The molecule has 0 saturated carbocycles. The number of rotatable bonds is 12. The Morgan fingerprint density at radius 2 is 1.48 bits per heavy atom. The summed E-state index contributed by atoms with van der Waals surface area (Å²) in [5.74, 6) is -0.945. The lowest BCUT2D eigenvalue weighted by atomic mass is 9.93. The molecule has 3 N–H and O–H groups in total. The topological polar surface area (TPSA) is 211 Å². The second kappa shape index (κ2) is 15.8. The highest BCUT2D eigenvalue weighted by Crippen LogP contribution is 2.43. The third-order valence-corrected chi connectivity index (χ3v) is 14.9. The van der Waals surface area contributed by atoms with E-state index in [9.17, 15) is 48.8 Å². The molecule has 1 aliphatic heterocycles. The molecule has 0 fully saturated rings. The van der Waals surface area contributed by atoms with Gasteiger partial charge in [0, 0.05) is 55.4 Å². The van der Waals surface area contributed by atoms with Crippen LogP contribution in [0.25, 0.3) is 38.5 Å². The fraction of sp³-hybridized carbons (Fsp3) is 0.182. The average Bonchev–Trinajstić information content (AvgIpc) is 3.69. The van der Waals surface area contributed by atoms with Crippen LogP contribution in [-0.2, 0) is 48.1 Å². The van der Waals surface area contributed by atoms with Gasteiger partial charge in [-0.1, -0.05) is 66.4 Å². The number of allylic oxidation sites excluding steroid dienone is 5. The predicted molar refractivity (Wildman–Crippen MR) is 233 cm³/mol. The zero-order valence-corrected chi connectivity index (χ0v) is 36.0. The van der Waals surface area contributed by atoms with E-state index in [0.717, 1.165) is 50.4 Å². The van der Waals surface area contributed by atoms with Crippen molar-refractivity contribution < 1.29 is 53.4 Å². The van der Waals surface area contributed by atoms with E-state index in [1.807, 2.05) is 49.4 Å². The van der Waals surface area contributed by atoms with Crippen molar-refractivity contribution in [1.82, 2.24) is 4.57 Å². The number of aliphatic carboxylic acids is 1. The van der Waals surface area contributed by atoms with E-state index < -0.39 is 46.1 Å². The van der Waals surface area contributed by atoms with E-state index in [1.165, 1.54) is 23.9 Å². The van der Waals surface area contributed by atoms with Gasteiger partial charge in [0.1, 0.15) is 26.5 Å². The van der Waals surface area contributed by atoms with Crippen LogP contribution >= 0.6 is 11.8 Å². The van der Waals surface area contributed by atoms with E-state index >= 15 is 0 Å². The van der Waals surface area contributed by atoms with Gasteiger partial charge in [-0.25, -0.2) is 8.42 Å². The van der Waals surface area contributed by atoms with Crippen molar-refractivity contribution in [1.29, 1.82) is 0 Å². The Bertz CT molecular complexity index is 3400. The highest BCUT2D eigenvalue weighted by Gasteiger charge is 2.32. The molecular formula is C44H38N2O11S4. The summed E-state index contributed by atoms with van der Waals surface area (Å²) in [6.45, 7) is 4.58. The maximum absolute atomic E-state index is 12.8. The standard InChI is InChI=1S/C44H38N2O11S4/c1-3-45-34(30-10-6-12-32-37(59(49,50)51)23-22-36(45)41(30)32)20-16-27-8-5-9-28(44(27)58-29-18-14-26(15-19-29)24-40(47)48)17-21-35-31-11-7-13-33-38(60(52,53)54)25-39(61(55,56)57)43(42(31)33)46(35)4-2/h6-7,10-23,25H,3-5,8-9,24H2,1-2H3,(H3-,47,48,49,50,51,52,53,54,55,56,57). The monoisotopic (exact) mass is 898 g/mol. The van der Waals surface area contributed by atoms with Gasteiger partial charge in [-0.15, -0.1) is 0 Å². The van der Waals surface area contributed by atoms with Gasteiger partial charge < -0.3 is 14.2 Å². The molecule has 13 nitrogen and oxygen atoms in total. The second-order valence-electron chi connectivity index (χ2n) is 14.6. The highest BCUT2D eigenvalue weighted by molar-refractivity contribution is 8.03. The summed E-state index contributed by atoms with van der Waals surface area (Å²) in [6, 6.07) is 21.1. The minimum Gasteiger partial charge on any atom is -0.744 e. The van der Waals surface area contributed by atoms with Crippen molar-refractivity contribution in [3.8, 4) is 0 Å². The number of benzene rings is 5. The van der Waals surface area contributed by atoms with Gasteiger partial charge in [0.15, 0.2) is 0 Å². The molecule has 0 amide bonds. The smallest absolute Gasteiger partial charge is 0.307 e. The van der Waals surface area contributed by atoms with Crippen LogP contribution in [0.1, 0.15) is 44.2 Å². The Kier molecular flexibility index (Phi) is 11.0. The summed E-state index contributed by atoms with van der Waals surface area (Å²) in [5.41, 5.74) is 5.06. The molecule has 6 aromatic rings. The average molecular weight is 899 g/mol. The lowest BCUT2D eigenvalue weighted by molar-refractivity contribution is -0.430. The molecule has 8 rings (SSSR count). The first-order valence-corrected chi connectivity index (χ1v) is 24.3. The van der Waals surface area contributed by atoms with Gasteiger partial charge in [-0.05, 0) is 86.2 Å². The number of carboxylic acid groups (broad SMARTS) is 1. The molecule has 0 saturated heterocycles. The van der Waals surface area contributed by atoms with Crippen LogP contribution in [0.4, 0.5) is 5.69 Å². The van der Waals surface area contributed by atoms with Crippen molar-refractivity contribution >= 4 is 98.0 Å². The normalized spacial score (nSPS) is 16.1. The van der Waals surface area contributed by atoms with Gasteiger partial charge >= 0.3 is 5.97 Å². The molecule has 1 aliphatic carbocycles. The fourth-order valence-electron chi connectivity index (χ4n) is 8.56. The molecule has 0 atom stereocenters. The van der Waals surface area contributed by atoms with E-state index in [4.69, 9.17) is 0 Å². The first kappa shape index (κ1) is 42.3. The third-order valence-electron chi connectivity index (χ3n) is 11.1. The Balaban J connectivity index is 1.32. The van der Waals surface area contributed by atoms with Crippen LogP contribution in [0.15, 0.2) is 133 Å². The van der Waals surface area contributed by atoms with Crippen molar-refractivity contribution in [3.05, 3.63) is 130 Å². The molecule has 0 spiro atoms. The van der Waals surface area contributed by atoms with E-state index in [0.29, 0.717) is 46.5 Å². The maximum atomic E-state index is 12.8. The van der Waals surface area contributed by atoms with E-state index in [-0.39, 0.29) is 34.2 Å². The molecule has 2 heterocycles. The van der Waals surface area contributed by atoms with Crippen LogP contribution in [0.5, 0.6) is 0 Å². The number of carbonyl (C=O) groups is 1. The summed E-state index contributed by atoms with van der Waals surface area (Å²) >= 11 is 1.50. The van der Waals surface area contributed by atoms with Crippen molar-refractivity contribution in [2.45, 2.75) is 65.7 Å². The quantitative estimate of drug-likeness (QED) is 0.0812. The zero-order chi connectivity index (χ0) is 43.6. The first-order valence-electron chi connectivity index (χ1n) is 19.2. The highest BCUT2D eigenvalue weighted by atomic mass is 32.2. The number of thioether (sulfide) groups is 1. The number of aromatic nitrogens is 1. The minimum absolute atomic E-state index is 0.0940. The minimum atomic E-state index is -4.96. The lowest BCUT2D eigenvalue weighted by Gasteiger charge is -2.21. The molecule has 0 bridgehead atoms. The molecule has 61 heavy (non-hydrogen) atoms. The van der Waals surface area contributed by atoms with Gasteiger partial charge in [0.2, 0.25) is 11.4 Å². The van der Waals surface area contributed by atoms with Crippen LogP contribution in [0.2, 0.25) is 0 Å². The summed E-state index contributed by atoms with van der Waals surface area (Å²) in [7, 11) is -14.6. The molecule has 17 heteroatoms. The SMILES string of the molecule is CCn1/c(=C/C=C2\CCCC(/C=C/C3=[N+](CC)c4ccc(S(=O)(=O)[O-])c5cccc3c45)=C2Sc2ccc(CC(=O)O)cc2)c2cccc3c(S(=O)(=O)O)cc(S(=O)(=O)O)c1c32. The Morgan fingerprint density at radius 1 is 0.803 bits per heavy atom. The first-order chi connectivity index (χ1) is 28.9. The van der Waals surface area contributed by atoms with Crippen LogP contribution in [0.3, 0.4) is 0 Å². The van der Waals surface area contributed by atoms with Crippen LogP contribution < -0.4 is 5.35 Å². The van der Waals surface area contributed by atoms with Gasteiger partial charge in [-0.3, -0.25) is 13.9 Å². The molecular weight excluding hydrogens is 861 g/mol. The van der Waals surface area contributed by atoms with Crippen molar-refractivity contribution in [3.63, 3.8) is 0 Å². The van der Waals surface area contributed by atoms with E-state index in [1.54, 1.807) is 54.0 Å². The van der Waals surface area contributed by atoms with Crippen LogP contribution in [-0.4, -0.2) is 71.4 Å². The molecule has 314 valence electrons. The lowest BCUT2D eigenvalue weighted by Crippen LogP contribution is -2.16. The van der Waals surface area contributed by atoms with Gasteiger partial charge in [0.25, 0.3) is 20.2 Å². The Hall–Kier alpha value is -5.40. The molecule has 5 aromatic carbocycles. The number of hydrogen-bond donors (Lipinski definition) is 3. The predicted octanol–water partition coefficient (Wildman–Crippen LogP) is 7.37. The van der Waals surface area contributed by atoms with E-state index in [2.05, 4.69) is 4.58 Å². The maximum Gasteiger partial charge on any atom is 0.307 e. The Labute approximate surface area is 356 Å². The zero-order valence-electron chi connectivity index (χ0n) is 32.7. The molecule has 0 unspecified atom stereocenters. The fourth-order valence-corrected chi connectivity index (χ4v) is 11.9. The summed E-state index contributed by atoms with van der Waals surface area (Å²) < 4.78 is 111. The molecule has 1 aromatic heterocycles. The summed E-state index contributed by atoms with van der Waals surface area (Å²) in [5, 5.41) is 11.8. The largest absolute Gasteiger partial charge is 0.744 e. The van der Waals surface area contributed by atoms with Crippen LogP contribution in [0, 0.1) is 0 Å². The number of nitrogens with zero attached hydrogens (tertiary/aromatic N) is 2. The second-order valence-corrected chi connectivity index (χ2v) is 19.9. The third kappa shape index (κ3) is 7.75. The number of carboxylic acids is 1. The number of aryl methyl sites for hydroxylation is 1. The molecule has 2 aliphatic rings. The number of hydrogen-bond acceptors (Lipinski definition) is 9. The van der Waals surface area contributed by atoms with Crippen molar-refractivity contribution in [2.75, 3.05) is 6.54 Å². The van der Waals surface area contributed by atoms with Gasteiger partial charge in [-0.2, -0.15) is 21.4 Å². The van der Waals surface area contributed by atoms with Gasteiger partial charge in [0.05, 0.1) is 27.8 Å². The summed E-state index contributed by atoms with van der Waals surface area (Å²) in [4.78, 5) is 11.6.